The third-order valence-electron chi connectivity index (χ3n) is 5.39. The molecule has 0 fully saturated rings. The number of halogens is 3. The minimum absolute atomic E-state index is 1.06. The normalized spacial score (nSPS) is 13.6. The molecular formula is C26H17F3FeO3S. The topological polar surface area (TPSA) is 57.2 Å². The Kier molecular flexibility index (Phi) is 6.69. The number of benzene rings is 5. The molecule has 0 aliphatic heterocycles. The maximum absolute atomic E-state index is 10.7. The zero-order chi connectivity index (χ0) is 24.5. The van der Waals surface area contributed by atoms with Gasteiger partial charge in [0.2, 0.25) is 0 Å². The van der Waals surface area contributed by atoms with Crippen molar-refractivity contribution < 1.29 is 42.2 Å². The first-order valence-electron chi connectivity index (χ1n) is 10.1. The monoisotopic (exact) mass is 522 g/mol. The van der Waals surface area contributed by atoms with E-state index in [2.05, 4.69) is 94.9 Å². The quantitative estimate of drug-likeness (QED) is 0.0713. The molecule has 5 aromatic rings. The van der Waals surface area contributed by atoms with Crippen molar-refractivity contribution in [1.82, 2.24) is 0 Å². The minimum atomic E-state index is -6.09. The molecule has 34 heavy (non-hydrogen) atoms. The summed E-state index contributed by atoms with van der Waals surface area (Å²) >= 11 is 3.74. The van der Waals surface area contributed by atoms with Gasteiger partial charge in [-0.15, -0.1) is 0 Å². The standard InChI is InChI=1S/C20H12.C5H5.CHF3O3S.Fe/c1-5-13-6-2-11-17-18-12-4-8-14-7-3-10-16(20(14)18)15(9-1)19(13)17;1-2-4-5-3-1;2-1(3,4)8(5,6)7;/h1-12H;1-3H,4H2;(H,5,6,7);/q;;;+1/p-1. The van der Waals surface area contributed by atoms with Crippen LogP contribution in [0.4, 0.5) is 13.2 Å². The zero-order valence-corrected chi connectivity index (χ0v) is 19.4. The van der Waals surface area contributed by atoms with E-state index < -0.39 is 15.6 Å². The molecule has 0 aromatic heterocycles. The van der Waals surface area contributed by atoms with Crippen LogP contribution < -0.4 is 0 Å². The van der Waals surface area contributed by atoms with Crippen molar-refractivity contribution in [2.24, 2.45) is 0 Å². The van der Waals surface area contributed by atoms with E-state index in [1.54, 1.807) is 0 Å². The summed E-state index contributed by atoms with van der Waals surface area (Å²) in [6.07, 6.45) is 7.21. The van der Waals surface area contributed by atoms with Crippen LogP contribution in [0.25, 0.3) is 43.1 Å². The zero-order valence-electron chi connectivity index (χ0n) is 17.5. The predicted molar refractivity (Wildman–Crippen MR) is 125 cm³/mol. The maximum Gasteiger partial charge on any atom is -0.00264 e. The molecule has 0 saturated heterocycles. The van der Waals surface area contributed by atoms with E-state index in [1.165, 1.54) is 47.6 Å². The number of alkyl halides is 3. The van der Waals surface area contributed by atoms with Crippen molar-refractivity contribution in [3.8, 4) is 0 Å². The van der Waals surface area contributed by atoms with Crippen molar-refractivity contribution in [2.75, 3.05) is 0 Å². The summed E-state index contributed by atoms with van der Waals surface area (Å²) in [5.41, 5.74) is -5.65. The Labute approximate surface area is 202 Å². The first-order valence-corrected chi connectivity index (χ1v) is 12.1. The van der Waals surface area contributed by atoms with E-state index >= 15 is 0 Å². The summed E-state index contributed by atoms with van der Waals surface area (Å²) in [4.78, 5) is 0. The van der Waals surface area contributed by atoms with Gasteiger partial charge in [-0.3, -0.25) is 0 Å². The van der Waals surface area contributed by atoms with Crippen LogP contribution >= 0.6 is 0 Å². The van der Waals surface area contributed by atoms with Gasteiger partial charge in [0.1, 0.15) is 0 Å². The Bertz CT molecular complexity index is 1490. The van der Waals surface area contributed by atoms with Crippen molar-refractivity contribution in [1.29, 1.82) is 0 Å². The molecule has 0 saturated carbocycles. The van der Waals surface area contributed by atoms with Gasteiger partial charge in [0.15, 0.2) is 10.1 Å². The van der Waals surface area contributed by atoms with Gasteiger partial charge < -0.3 is 4.55 Å². The summed E-state index contributed by atoms with van der Waals surface area (Å²) in [5.74, 6) is 0. The second kappa shape index (κ2) is 9.39. The average molecular weight is 522 g/mol. The second-order valence-electron chi connectivity index (χ2n) is 7.55. The Morgan fingerprint density at radius 1 is 0.735 bits per heavy atom. The molecule has 0 heterocycles. The van der Waals surface area contributed by atoms with E-state index in [9.17, 15) is 13.2 Å². The molecule has 174 valence electrons. The van der Waals surface area contributed by atoms with Crippen LogP contribution in [0, 0.1) is 0 Å². The van der Waals surface area contributed by atoms with Gasteiger partial charge in [0, 0.05) is 0 Å². The fourth-order valence-corrected chi connectivity index (χ4v) is 4.23. The summed E-state index contributed by atoms with van der Waals surface area (Å²) in [5, 5.41) is 10.9. The van der Waals surface area contributed by atoms with Crippen molar-refractivity contribution >= 4 is 53.2 Å². The molecular weight excluding hydrogens is 505 g/mol. The summed E-state index contributed by atoms with van der Waals surface area (Å²) in [6, 6.07) is 26.4. The molecule has 0 bridgehead atoms. The molecule has 1 aliphatic carbocycles. The van der Waals surface area contributed by atoms with E-state index in [-0.39, 0.29) is 0 Å². The van der Waals surface area contributed by atoms with E-state index in [1.807, 2.05) is 12.2 Å². The Morgan fingerprint density at radius 3 is 1.29 bits per heavy atom. The van der Waals surface area contributed by atoms with Crippen molar-refractivity contribution in [2.45, 2.75) is 11.9 Å². The number of fused-ring (bicyclic) bond motifs is 2. The molecule has 0 atom stereocenters. The summed E-state index contributed by atoms with van der Waals surface area (Å²) in [7, 11) is -6.09. The fraction of sp³-hybridized carbons (Fsp3) is 0.0769. The number of hydrogen-bond donors (Lipinski definition) is 0. The Hall–Kier alpha value is -2.90. The Balaban J connectivity index is 0.000000163. The number of allylic oxidation sites excluding steroid dienone is 4. The largest absolute Gasteiger partial charge is 0.0610 e. The van der Waals surface area contributed by atoms with Gasteiger partial charge in [-0.1, -0.05) is 72.8 Å². The third-order valence-corrected chi connectivity index (χ3v) is 6.37. The van der Waals surface area contributed by atoms with Crippen LogP contribution in [0.1, 0.15) is 6.42 Å². The van der Waals surface area contributed by atoms with Gasteiger partial charge in [0.25, 0.3) is 0 Å². The molecule has 8 heteroatoms. The molecule has 5 aromatic carbocycles. The minimum Gasteiger partial charge on any atom is -0.0610 e. The van der Waals surface area contributed by atoms with Crippen LogP contribution in [0.2, 0.25) is 0 Å². The van der Waals surface area contributed by atoms with Gasteiger partial charge >= 0.3 is 50.6 Å². The van der Waals surface area contributed by atoms with E-state index in [0.29, 0.717) is 0 Å². The molecule has 0 spiro atoms. The summed E-state index contributed by atoms with van der Waals surface area (Å²) < 4.78 is 60.1. The fourth-order valence-electron chi connectivity index (χ4n) is 4.00. The predicted octanol–water partition coefficient (Wildman–Crippen LogP) is 7.17. The molecule has 0 radical (unpaired) electrons. The third kappa shape index (κ3) is 4.81. The van der Waals surface area contributed by atoms with Crippen molar-refractivity contribution in [3.63, 3.8) is 0 Å². The number of rotatable bonds is 0. The van der Waals surface area contributed by atoms with Gasteiger partial charge in [0.05, 0.1) is 0 Å². The van der Waals surface area contributed by atoms with Gasteiger partial charge in [-0.05, 0) is 43.1 Å². The SMILES string of the molecule is O=S(=O)([O-])C(F)(F)F.[Fe+][C]1=CC=CC1.c1cc2cccc3c4cccc5cccc(c(c1)c23)c54. The molecule has 6 rings (SSSR count). The second-order valence-corrected chi connectivity index (χ2v) is 9.63. The van der Waals surface area contributed by atoms with Crippen molar-refractivity contribution in [3.05, 3.63) is 95.5 Å². The first-order chi connectivity index (χ1) is 16.1. The van der Waals surface area contributed by atoms with Crippen LogP contribution in [0.5, 0.6) is 0 Å². The van der Waals surface area contributed by atoms with E-state index in [0.717, 1.165) is 6.42 Å². The number of hydrogen-bond acceptors (Lipinski definition) is 3. The smallest absolute Gasteiger partial charge is 0.00264 e. The molecule has 0 amide bonds. The summed E-state index contributed by atoms with van der Waals surface area (Å²) in [6.45, 7) is 0. The van der Waals surface area contributed by atoms with Crippen LogP contribution in [0.15, 0.2) is 95.5 Å². The van der Waals surface area contributed by atoms with E-state index in [4.69, 9.17) is 13.0 Å². The molecule has 3 nitrogen and oxygen atoms in total. The Morgan fingerprint density at radius 2 is 1.09 bits per heavy atom. The maximum atomic E-state index is 10.7. The van der Waals surface area contributed by atoms with Gasteiger partial charge in [-0.2, -0.15) is 13.2 Å². The van der Waals surface area contributed by atoms with Crippen LogP contribution in [0.3, 0.4) is 0 Å². The van der Waals surface area contributed by atoms with Crippen LogP contribution in [-0.4, -0.2) is 18.5 Å². The molecule has 0 unspecified atom stereocenters. The molecule has 1 aliphatic rings. The average Bonchev–Trinajstić information content (AvgIpc) is 3.27. The van der Waals surface area contributed by atoms with Gasteiger partial charge in [-0.25, -0.2) is 8.42 Å². The first kappa shape index (κ1) is 24.2. The molecule has 0 N–H and O–H groups in total. The van der Waals surface area contributed by atoms with Crippen LogP contribution in [-0.2, 0) is 26.1 Å².